The van der Waals surface area contributed by atoms with Gasteiger partial charge in [-0.2, -0.15) is 0 Å². The first-order valence-corrected chi connectivity index (χ1v) is 12.5. The van der Waals surface area contributed by atoms with Crippen LogP contribution >= 0.6 is 27.5 Å². The van der Waals surface area contributed by atoms with Crippen LogP contribution < -0.4 is 10.6 Å². The Labute approximate surface area is 203 Å². The Morgan fingerprint density at radius 3 is 2.44 bits per heavy atom. The first-order chi connectivity index (χ1) is 15.5. The number of urea groups is 1. The lowest BCUT2D eigenvalue weighted by Crippen LogP contribution is -2.40. The number of nitrogens with one attached hydrogen (secondary N) is 3. The fourth-order valence-corrected chi connectivity index (χ4v) is 5.23. The molecule has 0 radical (unpaired) electrons. The number of carbonyl (C=O) groups is 1. The highest BCUT2D eigenvalue weighted by Crippen LogP contribution is 2.35. The fourth-order valence-electron chi connectivity index (χ4n) is 4.81. The number of halogens is 2. The van der Waals surface area contributed by atoms with Gasteiger partial charge < -0.3 is 20.5 Å². The number of carbonyl (C=O) groups excluding carboxylic acids is 1. The van der Waals surface area contributed by atoms with Gasteiger partial charge >= 0.3 is 6.03 Å². The molecule has 0 atom stereocenters. The number of benzene rings is 2. The molecular weight excluding hydrogens is 488 g/mol. The molecule has 0 saturated carbocycles. The van der Waals surface area contributed by atoms with Gasteiger partial charge in [0.2, 0.25) is 0 Å². The van der Waals surface area contributed by atoms with Gasteiger partial charge in [0.1, 0.15) is 0 Å². The summed E-state index contributed by atoms with van der Waals surface area (Å²) < 4.78 is 0.793. The third kappa shape index (κ3) is 5.13. The molecule has 1 aliphatic rings. The first-order valence-electron chi connectivity index (χ1n) is 11.4. The zero-order valence-electron chi connectivity index (χ0n) is 18.6. The minimum atomic E-state index is -0.293. The quantitative estimate of drug-likeness (QED) is 0.315. The van der Waals surface area contributed by atoms with Gasteiger partial charge in [-0.3, -0.25) is 0 Å². The Bertz CT molecular complexity index is 1090. The molecule has 32 heavy (non-hydrogen) atoms. The molecule has 1 aromatic heterocycles. The third-order valence-electron chi connectivity index (χ3n) is 6.58. The normalized spacial score (nSPS) is 15.4. The van der Waals surface area contributed by atoms with Gasteiger partial charge in [0.15, 0.2) is 0 Å². The topological polar surface area (TPSA) is 60.2 Å². The molecule has 0 unspecified atom stereocenters. The summed E-state index contributed by atoms with van der Waals surface area (Å²) in [6.07, 6.45) is 6.93. The van der Waals surface area contributed by atoms with E-state index >= 15 is 0 Å². The second-order valence-corrected chi connectivity index (χ2v) is 9.75. The number of H-pyrrole nitrogens is 1. The summed E-state index contributed by atoms with van der Waals surface area (Å²) in [6, 6.07) is 11.8. The highest BCUT2D eigenvalue weighted by molar-refractivity contribution is 9.10. The molecule has 7 heteroatoms. The van der Waals surface area contributed by atoms with Gasteiger partial charge in [0.25, 0.3) is 0 Å². The van der Waals surface area contributed by atoms with Gasteiger partial charge in [-0.25, -0.2) is 4.79 Å². The Morgan fingerprint density at radius 1 is 1.12 bits per heavy atom. The Balaban J connectivity index is 1.44. The molecule has 1 fully saturated rings. The van der Waals surface area contributed by atoms with Crippen LogP contribution in [0.25, 0.3) is 10.9 Å². The molecule has 0 spiro atoms. The third-order valence-corrected chi connectivity index (χ3v) is 7.81. The van der Waals surface area contributed by atoms with E-state index in [1.165, 1.54) is 36.6 Å². The van der Waals surface area contributed by atoms with E-state index < -0.39 is 0 Å². The van der Waals surface area contributed by atoms with Crippen LogP contribution in [-0.4, -0.2) is 35.0 Å². The predicted molar refractivity (Wildman–Crippen MR) is 138 cm³/mol. The molecule has 0 aliphatic carbocycles. The number of fused-ring (bicyclic) bond motifs is 1. The van der Waals surface area contributed by atoms with Crippen LogP contribution in [0.3, 0.4) is 0 Å². The number of anilines is 2. The van der Waals surface area contributed by atoms with E-state index in [2.05, 4.69) is 62.6 Å². The number of aromatic nitrogens is 1. The number of hydrogen-bond acceptors (Lipinski definition) is 2. The van der Waals surface area contributed by atoms with Crippen molar-refractivity contribution in [1.82, 2.24) is 9.88 Å². The van der Waals surface area contributed by atoms with Crippen LogP contribution in [0.5, 0.6) is 0 Å². The van der Waals surface area contributed by atoms with E-state index in [0.29, 0.717) is 22.7 Å². The fraction of sp³-hybridized carbons (Fsp3) is 0.400. The summed E-state index contributed by atoms with van der Waals surface area (Å²) in [5.74, 6) is 0.545. The zero-order valence-corrected chi connectivity index (χ0v) is 20.9. The van der Waals surface area contributed by atoms with E-state index in [1.807, 2.05) is 18.2 Å². The summed E-state index contributed by atoms with van der Waals surface area (Å²) in [6.45, 7) is 6.88. The average Bonchev–Trinajstić information content (AvgIpc) is 3.21. The Morgan fingerprint density at radius 2 is 1.78 bits per heavy atom. The second-order valence-electron chi connectivity index (χ2n) is 8.49. The number of rotatable bonds is 6. The maximum atomic E-state index is 12.5. The molecular formula is C25H30BrClN4O. The van der Waals surface area contributed by atoms with Gasteiger partial charge in [-0.15, -0.1) is 0 Å². The van der Waals surface area contributed by atoms with Gasteiger partial charge in [-0.05, 0) is 103 Å². The van der Waals surface area contributed by atoms with Gasteiger partial charge in [0.05, 0.1) is 5.02 Å². The zero-order chi connectivity index (χ0) is 22.7. The van der Waals surface area contributed by atoms with Gasteiger partial charge in [-0.1, -0.05) is 25.4 Å². The summed E-state index contributed by atoms with van der Waals surface area (Å²) in [4.78, 5) is 18.6. The number of piperidine rings is 1. The van der Waals surface area contributed by atoms with Crippen LogP contribution in [0.2, 0.25) is 5.02 Å². The molecule has 3 N–H and O–H groups in total. The van der Waals surface area contributed by atoms with E-state index in [-0.39, 0.29) is 6.03 Å². The first kappa shape index (κ1) is 23.1. The lowest BCUT2D eigenvalue weighted by molar-refractivity contribution is 0.144. The maximum Gasteiger partial charge on any atom is 0.323 e. The lowest BCUT2D eigenvalue weighted by atomic mass is 9.88. The van der Waals surface area contributed by atoms with Gasteiger partial charge in [0, 0.05) is 39.0 Å². The summed E-state index contributed by atoms with van der Waals surface area (Å²) >= 11 is 9.48. The van der Waals surface area contributed by atoms with Crippen molar-refractivity contribution in [2.24, 2.45) is 0 Å². The molecule has 4 rings (SSSR count). The molecule has 2 heterocycles. The highest BCUT2D eigenvalue weighted by atomic mass is 79.9. The minimum Gasteiger partial charge on any atom is -0.361 e. The monoisotopic (exact) mass is 516 g/mol. The smallest absolute Gasteiger partial charge is 0.323 e. The summed E-state index contributed by atoms with van der Waals surface area (Å²) in [5, 5.41) is 7.53. The van der Waals surface area contributed by atoms with Crippen molar-refractivity contribution in [3.05, 3.63) is 57.7 Å². The molecule has 1 saturated heterocycles. The van der Waals surface area contributed by atoms with E-state index in [0.717, 1.165) is 28.8 Å². The SMILES string of the molecule is CCC(CC)N1CCC(c2c[nH]c3ccc(NC(=O)Nc4ccc(Br)c(Cl)c4)cc23)CC1. The van der Waals surface area contributed by atoms with Crippen molar-refractivity contribution in [3.63, 3.8) is 0 Å². The minimum absolute atomic E-state index is 0.293. The van der Waals surface area contributed by atoms with Crippen LogP contribution in [-0.2, 0) is 0 Å². The maximum absolute atomic E-state index is 12.5. The van der Waals surface area contributed by atoms with Crippen molar-refractivity contribution in [2.45, 2.75) is 51.5 Å². The second kappa shape index (κ2) is 10.3. The number of aromatic amines is 1. The largest absolute Gasteiger partial charge is 0.361 e. The van der Waals surface area contributed by atoms with Crippen LogP contribution in [0.1, 0.15) is 51.0 Å². The lowest BCUT2D eigenvalue weighted by Gasteiger charge is -2.37. The number of nitrogens with zero attached hydrogens (tertiary/aromatic N) is 1. The van der Waals surface area contributed by atoms with E-state index in [9.17, 15) is 4.79 Å². The van der Waals surface area contributed by atoms with E-state index in [1.54, 1.807) is 12.1 Å². The average molecular weight is 518 g/mol. The van der Waals surface area contributed by atoms with E-state index in [4.69, 9.17) is 11.6 Å². The standard InChI is InChI=1S/C25H30BrClN4O/c1-3-19(4-2)31-11-9-16(10-12-31)21-15-28-24-8-6-17(13-20(21)24)29-25(32)30-18-5-7-22(26)23(27)14-18/h5-8,13-16,19,28H,3-4,9-12H2,1-2H3,(H2,29,30,32). The van der Waals surface area contributed by atoms with Crippen molar-refractivity contribution >= 4 is 55.8 Å². The molecule has 170 valence electrons. The molecule has 5 nitrogen and oxygen atoms in total. The van der Waals surface area contributed by atoms with Crippen LogP contribution in [0.4, 0.5) is 16.2 Å². The van der Waals surface area contributed by atoms with Crippen molar-refractivity contribution in [1.29, 1.82) is 0 Å². The molecule has 3 aromatic rings. The number of hydrogen-bond donors (Lipinski definition) is 3. The van der Waals surface area contributed by atoms with Crippen molar-refractivity contribution in [3.8, 4) is 0 Å². The summed E-state index contributed by atoms with van der Waals surface area (Å²) in [7, 11) is 0. The number of amides is 2. The molecule has 1 aliphatic heterocycles. The van der Waals surface area contributed by atoms with Crippen LogP contribution in [0, 0.1) is 0 Å². The molecule has 2 amide bonds. The Kier molecular flexibility index (Phi) is 7.44. The Hall–Kier alpha value is -2.02. The molecule has 2 aromatic carbocycles. The van der Waals surface area contributed by atoms with Crippen molar-refractivity contribution < 1.29 is 4.79 Å². The highest BCUT2D eigenvalue weighted by Gasteiger charge is 2.25. The predicted octanol–water partition coefficient (Wildman–Crippen LogP) is 7.60. The molecule has 0 bridgehead atoms. The summed E-state index contributed by atoms with van der Waals surface area (Å²) in [5.41, 5.74) is 3.87. The van der Waals surface area contributed by atoms with Crippen LogP contribution in [0.15, 0.2) is 47.1 Å². The number of likely N-dealkylation sites (tertiary alicyclic amines) is 1. The van der Waals surface area contributed by atoms with Crippen molar-refractivity contribution in [2.75, 3.05) is 23.7 Å².